The average molecular weight is 603 g/mol. The predicted molar refractivity (Wildman–Crippen MR) is 161 cm³/mol. The third-order valence-corrected chi connectivity index (χ3v) is 9.30. The smallest absolute Gasteiger partial charge is 0.343 e. The first-order chi connectivity index (χ1) is 21.2. The van der Waals surface area contributed by atoms with E-state index >= 15 is 0 Å². The van der Waals surface area contributed by atoms with E-state index in [2.05, 4.69) is 26.1 Å². The Morgan fingerprint density at radius 1 is 0.864 bits per heavy atom. The number of rotatable bonds is 12. The molecule has 0 aromatic heterocycles. The van der Waals surface area contributed by atoms with Crippen LogP contribution in [0.5, 0.6) is 17.2 Å². The molecular weight excluding hydrogens is 564 g/mol. The molecule has 2 aromatic rings. The standard InChI is InChI=1S/C35H38O9/c1-4-32(37)42-18-16-40-29-12-7-23(21-30(29)41-17-19-43-33(38)5-2)34(39)44-24-8-10-25-22(20-24)6-9-27-26(25)14-15-35(3)28(27)11-13-31(35)36/h4-5,7-8,10,12,20-21,26-28H,1-2,6,9,11,13-19H2,3H3/t26-,27-,28+,35+/m1/s1. The number of esters is 3. The van der Waals surface area contributed by atoms with Gasteiger partial charge in [0, 0.05) is 24.0 Å². The van der Waals surface area contributed by atoms with Gasteiger partial charge in [-0.25, -0.2) is 14.4 Å². The van der Waals surface area contributed by atoms with Crippen molar-refractivity contribution in [3.05, 3.63) is 78.4 Å². The molecular formula is C35H38O9. The number of ether oxygens (including phenoxy) is 5. The van der Waals surface area contributed by atoms with Crippen molar-refractivity contribution in [2.75, 3.05) is 26.4 Å². The van der Waals surface area contributed by atoms with E-state index in [9.17, 15) is 19.2 Å². The summed E-state index contributed by atoms with van der Waals surface area (Å²) in [5.41, 5.74) is 2.59. The van der Waals surface area contributed by atoms with Gasteiger partial charge in [-0.3, -0.25) is 4.79 Å². The molecule has 2 fully saturated rings. The van der Waals surface area contributed by atoms with Crippen molar-refractivity contribution in [2.45, 2.75) is 51.4 Å². The maximum absolute atomic E-state index is 13.2. The van der Waals surface area contributed by atoms with Crippen molar-refractivity contribution in [3.63, 3.8) is 0 Å². The van der Waals surface area contributed by atoms with Gasteiger partial charge in [-0.2, -0.15) is 0 Å². The molecule has 0 unspecified atom stereocenters. The molecule has 2 aromatic carbocycles. The molecule has 9 nitrogen and oxygen atoms in total. The summed E-state index contributed by atoms with van der Waals surface area (Å²) in [4.78, 5) is 48.5. The molecule has 0 heterocycles. The number of Topliss-reactive ketones (excluding diaryl/α,β-unsaturated/α-hetero) is 1. The summed E-state index contributed by atoms with van der Waals surface area (Å²) in [6.07, 6.45) is 7.70. The fraction of sp³-hybridized carbons (Fsp3) is 0.429. The van der Waals surface area contributed by atoms with Gasteiger partial charge < -0.3 is 23.7 Å². The first-order valence-corrected chi connectivity index (χ1v) is 15.1. The Morgan fingerprint density at radius 3 is 2.27 bits per heavy atom. The lowest BCUT2D eigenvalue weighted by atomic mass is 9.55. The summed E-state index contributed by atoms with van der Waals surface area (Å²) in [6, 6.07) is 10.5. The number of carbonyl (C=O) groups is 4. The number of aryl methyl sites for hydroxylation is 1. The van der Waals surface area contributed by atoms with Crippen molar-refractivity contribution in [1.29, 1.82) is 0 Å². The second-order valence-corrected chi connectivity index (χ2v) is 11.7. The van der Waals surface area contributed by atoms with Crippen LogP contribution in [0, 0.1) is 17.3 Å². The summed E-state index contributed by atoms with van der Waals surface area (Å²) < 4.78 is 27.1. The van der Waals surface area contributed by atoms with Crippen LogP contribution in [0.2, 0.25) is 0 Å². The van der Waals surface area contributed by atoms with Crippen LogP contribution < -0.4 is 14.2 Å². The molecule has 3 aliphatic carbocycles. The molecule has 232 valence electrons. The zero-order valence-corrected chi connectivity index (χ0v) is 25.0. The molecule has 0 N–H and O–H groups in total. The van der Waals surface area contributed by atoms with E-state index in [0.29, 0.717) is 41.5 Å². The van der Waals surface area contributed by atoms with E-state index in [1.54, 1.807) is 12.1 Å². The van der Waals surface area contributed by atoms with Crippen LogP contribution in [0.25, 0.3) is 0 Å². The van der Waals surface area contributed by atoms with E-state index in [1.165, 1.54) is 17.2 Å². The van der Waals surface area contributed by atoms with Gasteiger partial charge in [-0.15, -0.1) is 0 Å². The summed E-state index contributed by atoms with van der Waals surface area (Å²) in [6.45, 7) is 8.87. The van der Waals surface area contributed by atoms with Crippen LogP contribution in [0.4, 0.5) is 0 Å². The molecule has 0 spiro atoms. The maximum Gasteiger partial charge on any atom is 0.343 e. The number of ketones is 1. The van der Waals surface area contributed by atoms with Crippen molar-refractivity contribution >= 4 is 23.7 Å². The largest absolute Gasteiger partial charge is 0.486 e. The summed E-state index contributed by atoms with van der Waals surface area (Å²) >= 11 is 0. The summed E-state index contributed by atoms with van der Waals surface area (Å²) in [5.74, 6) is 1.14. The van der Waals surface area contributed by atoms with Gasteiger partial charge in [0.15, 0.2) is 11.5 Å². The molecule has 5 rings (SSSR count). The van der Waals surface area contributed by atoms with Gasteiger partial charge in [0.1, 0.15) is 38.0 Å². The Kier molecular flexibility index (Phi) is 9.52. The topological polar surface area (TPSA) is 114 Å². The van der Waals surface area contributed by atoms with Crippen LogP contribution in [-0.2, 0) is 30.3 Å². The van der Waals surface area contributed by atoms with Gasteiger partial charge in [0.05, 0.1) is 5.56 Å². The molecule has 0 amide bonds. The van der Waals surface area contributed by atoms with Gasteiger partial charge in [-0.1, -0.05) is 26.1 Å². The normalized spacial score (nSPS) is 23.3. The average Bonchev–Trinajstić information content (AvgIpc) is 3.34. The van der Waals surface area contributed by atoms with Crippen LogP contribution in [0.1, 0.15) is 66.4 Å². The van der Waals surface area contributed by atoms with Crippen LogP contribution in [0.3, 0.4) is 0 Å². The van der Waals surface area contributed by atoms with Crippen LogP contribution >= 0.6 is 0 Å². The fourth-order valence-electron chi connectivity index (χ4n) is 7.13. The Bertz CT molecular complexity index is 1460. The second kappa shape index (κ2) is 13.5. The zero-order chi connectivity index (χ0) is 31.3. The van der Waals surface area contributed by atoms with Gasteiger partial charge in [0.25, 0.3) is 0 Å². The molecule has 0 aliphatic heterocycles. The number of hydrogen-bond donors (Lipinski definition) is 0. The number of fused-ring (bicyclic) bond motifs is 5. The Labute approximate surface area is 257 Å². The Hall–Kier alpha value is -4.40. The van der Waals surface area contributed by atoms with Gasteiger partial charge in [-0.05, 0) is 91.3 Å². The number of benzene rings is 2. The molecule has 44 heavy (non-hydrogen) atoms. The fourth-order valence-corrected chi connectivity index (χ4v) is 7.13. The quantitative estimate of drug-likeness (QED) is 0.134. The molecule has 9 heteroatoms. The molecule has 0 saturated heterocycles. The van der Waals surface area contributed by atoms with Crippen molar-refractivity contribution in [2.24, 2.45) is 17.3 Å². The highest BCUT2D eigenvalue weighted by Gasteiger charge is 2.54. The van der Waals surface area contributed by atoms with Crippen LogP contribution in [-0.4, -0.2) is 50.1 Å². The van der Waals surface area contributed by atoms with Crippen molar-refractivity contribution in [1.82, 2.24) is 0 Å². The minimum atomic E-state index is -0.581. The lowest BCUT2D eigenvalue weighted by Gasteiger charge is -2.48. The van der Waals surface area contributed by atoms with E-state index in [-0.39, 0.29) is 43.2 Å². The van der Waals surface area contributed by atoms with Gasteiger partial charge >= 0.3 is 17.9 Å². The molecule has 0 bridgehead atoms. The second-order valence-electron chi connectivity index (χ2n) is 11.7. The predicted octanol–water partition coefficient (Wildman–Crippen LogP) is 5.55. The lowest BCUT2D eigenvalue weighted by Crippen LogP contribution is -2.42. The van der Waals surface area contributed by atoms with Crippen molar-refractivity contribution < 1.29 is 42.9 Å². The highest BCUT2D eigenvalue weighted by molar-refractivity contribution is 5.92. The number of carbonyl (C=O) groups excluding carboxylic acids is 4. The molecule has 2 saturated carbocycles. The van der Waals surface area contributed by atoms with E-state index < -0.39 is 17.9 Å². The van der Waals surface area contributed by atoms with E-state index in [1.807, 2.05) is 12.1 Å². The molecule has 0 radical (unpaired) electrons. The minimum absolute atomic E-state index is 0.00103. The first kappa shape index (κ1) is 31.0. The van der Waals surface area contributed by atoms with E-state index in [4.69, 9.17) is 23.7 Å². The van der Waals surface area contributed by atoms with Gasteiger partial charge in [0.2, 0.25) is 0 Å². The Balaban J connectivity index is 1.26. The highest BCUT2D eigenvalue weighted by Crippen LogP contribution is 2.59. The monoisotopic (exact) mass is 602 g/mol. The maximum atomic E-state index is 13.2. The summed E-state index contributed by atoms with van der Waals surface area (Å²) in [7, 11) is 0. The van der Waals surface area contributed by atoms with Crippen molar-refractivity contribution in [3.8, 4) is 17.2 Å². The Morgan fingerprint density at radius 2 is 1.57 bits per heavy atom. The van der Waals surface area contributed by atoms with Crippen LogP contribution in [0.15, 0.2) is 61.7 Å². The third kappa shape index (κ3) is 6.56. The molecule has 4 atom stereocenters. The highest BCUT2D eigenvalue weighted by atomic mass is 16.6. The summed E-state index contributed by atoms with van der Waals surface area (Å²) in [5, 5.41) is 0. The van der Waals surface area contributed by atoms with E-state index in [0.717, 1.165) is 44.3 Å². The third-order valence-electron chi connectivity index (χ3n) is 9.30. The number of hydrogen-bond acceptors (Lipinski definition) is 9. The zero-order valence-electron chi connectivity index (χ0n) is 25.0. The molecule has 3 aliphatic rings. The minimum Gasteiger partial charge on any atom is -0.486 e. The lowest BCUT2D eigenvalue weighted by molar-refractivity contribution is -0.139. The first-order valence-electron chi connectivity index (χ1n) is 15.1. The SMILES string of the molecule is C=CC(=O)OCCOc1ccc(C(=O)Oc2ccc3c(c2)CC[C@@H]2[C@@H]3CC[C@]3(C)C(=O)CC[C@@H]23)cc1OCCOC(=O)C=C.